The topological polar surface area (TPSA) is 141 Å². The maximum atomic E-state index is 10.4. The monoisotopic (exact) mass is 198 g/mol. The van der Waals surface area contributed by atoms with E-state index in [9.17, 15) is 10.1 Å². The number of aliphatic hydroxyl groups is 1. The molecule has 2 N–H and O–H groups in total. The van der Waals surface area contributed by atoms with Crippen molar-refractivity contribution >= 4 is 5.82 Å². The van der Waals surface area contributed by atoms with Gasteiger partial charge in [-0.05, 0) is 10.5 Å². The summed E-state index contributed by atoms with van der Waals surface area (Å²) in [7, 11) is 0. The first-order valence-corrected chi connectivity index (χ1v) is 3.53. The summed E-state index contributed by atoms with van der Waals surface area (Å²) in [4.78, 5) is 12.2. The molecule has 0 aliphatic carbocycles. The van der Waals surface area contributed by atoms with Crippen LogP contribution in [-0.4, -0.2) is 26.8 Å². The van der Waals surface area contributed by atoms with E-state index < -0.39 is 17.6 Å². The number of rotatable bonds is 4. The van der Waals surface area contributed by atoms with Crippen LogP contribution in [0.1, 0.15) is 11.6 Å². The predicted octanol–water partition coefficient (Wildman–Crippen LogP) is 0.662. The molecule has 1 heterocycles. The molecular weight excluding hydrogens is 192 g/mol. The number of nitrogens with one attached hydrogen (secondary N) is 1. The average Bonchev–Trinajstić information content (AvgIpc) is 2.62. The molecule has 0 spiro atoms. The van der Waals surface area contributed by atoms with Gasteiger partial charge >= 0.3 is 5.82 Å². The Morgan fingerprint density at radius 2 is 2.64 bits per heavy atom. The van der Waals surface area contributed by atoms with Crippen LogP contribution in [0.3, 0.4) is 0 Å². The van der Waals surface area contributed by atoms with E-state index >= 15 is 0 Å². The first-order chi connectivity index (χ1) is 6.70. The average molecular weight is 198 g/mol. The molecule has 0 fully saturated rings. The Morgan fingerprint density at radius 1 is 1.93 bits per heavy atom. The minimum Gasteiger partial charge on any atom is -0.396 e. The Morgan fingerprint density at radius 3 is 3.14 bits per heavy atom. The van der Waals surface area contributed by atoms with Crippen LogP contribution in [0, 0.1) is 10.1 Å². The molecule has 0 radical (unpaired) electrons. The number of nitrogens with zero attached hydrogens (tertiary/aromatic N) is 5. The number of H-pyrrole nitrogens is 1. The van der Waals surface area contributed by atoms with Gasteiger partial charge in [-0.3, -0.25) is 0 Å². The second kappa shape index (κ2) is 4.21. The van der Waals surface area contributed by atoms with Gasteiger partial charge in [0, 0.05) is 4.91 Å². The van der Waals surface area contributed by atoms with E-state index in [1.165, 1.54) is 0 Å². The summed E-state index contributed by atoms with van der Waals surface area (Å²) >= 11 is 0. The van der Waals surface area contributed by atoms with E-state index in [0.29, 0.717) is 0 Å². The molecule has 1 unspecified atom stereocenters. The Balaban J connectivity index is 3.09. The fourth-order valence-electron chi connectivity index (χ4n) is 0.938. The molecule has 74 valence electrons. The highest BCUT2D eigenvalue weighted by atomic mass is 16.6. The lowest BCUT2D eigenvalue weighted by atomic mass is 10.2. The van der Waals surface area contributed by atoms with Gasteiger partial charge in [0.2, 0.25) is 0 Å². The van der Waals surface area contributed by atoms with Crippen LogP contribution < -0.4 is 0 Å². The fraction of sp³-hybridized carbons (Fsp3) is 0.400. The molecule has 0 amide bonds. The van der Waals surface area contributed by atoms with Crippen LogP contribution in [0.15, 0.2) is 11.3 Å². The smallest absolute Gasteiger partial charge is 0.346 e. The van der Waals surface area contributed by atoms with Crippen molar-refractivity contribution in [2.45, 2.75) is 6.04 Å². The number of azide groups is 1. The van der Waals surface area contributed by atoms with E-state index in [1.807, 2.05) is 0 Å². The van der Waals surface area contributed by atoms with E-state index in [2.05, 4.69) is 20.2 Å². The van der Waals surface area contributed by atoms with Gasteiger partial charge in [-0.15, -0.1) is 5.10 Å². The highest BCUT2D eigenvalue weighted by Gasteiger charge is 2.22. The number of nitro groups is 1. The summed E-state index contributed by atoms with van der Waals surface area (Å²) in [5.41, 5.74) is 8.21. The molecule has 0 saturated carbocycles. The Bertz CT molecular complexity index is 381. The molecule has 9 nitrogen and oxygen atoms in total. The summed E-state index contributed by atoms with van der Waals surface area (Å²) in [6.07, 6.45) is 1.15. The summed E-state index contributed by atoms with van der Waals surface area (Å²) in [5.74, 6) is -0.378. The third-order valence-electron chi connectivity index (χ3n) is 1.55. The third kappa shape index (κ3) is 1.79. The van der Waals surface area contributed by atoms with Gasteiger partial charge in [-0.1, -0.05) is 10.2 Å². The van der Waals surface area contributed by atoms with Crippen LogP contribution in [0.4, 0.5) is 5.82 Å². The molecule has 1 aromatic heterocycles. The SMILES string of the molecule is [N-]=[N+]=NC(CO)c1cn[nH]c1[N+](=O)[O-]. The molecule has 14 heavy (non-hydrogen) atoms. The Kier molecular flexibility index (Phi) is 3.00. The number of hydrogen-bond acceptors (Lipinski definition) is 5. The van der Waals surface area contributed by atoms with E-state index in [0.717, 1.165) is 6.20 Å². The van der Waals surface area contributed by atoms with E-state index in [-0.39, 0.29) is 11.4 Å². The predicted molar refractivity (Wildman–Crippen MR) is 44.2 cm³/mol. The maximum Gasteiger partial charge on any atom is 0.346 e. The van der Waals surface area contributed by atoms with Crippen molar-refractivity contribution in [3.8, 4) is 0 Å². The van der Waals surface area contributed by atoms with Crippen molar-refractivity contribution in [2.24, 2.45) is 5.11 Å². The van der Waals surface area contributed by atoms with Crippen molar-refractivity contribution < 1.29 is 10.0 Å². The molecule has 0 aliphatic heterocycles. The van der Waals surface area contributed by atoms with Gasteiger partial charge in [0.1, 0.15) is 0 Å². The molecule has 9 heteroatoms. The quantitative estimate of drug-likeness (QED) is 0.241. The molecule has 1 rings (SSSR count). The van der Waals surface area contributed by atoms with Crippen LogP contribution in [-0.2, 0) is 0 Å². The zero-order chi connectivity index (χ0) is 10.6. The number of aliphatic hydroxyl groups excluding tert-OH is 1. The van der Waals surface area contributed by atoms with Gasteiger partial charge < -0.3 is 15.2 Å². The number of aromatic nitrogens is 2. The van der Waals surface area contributed by atoms with Crippen molar-refractivity contribution in [1.29, 1.82) is 0 Å². The normalized spacial score (nSPS) is 11.8. The van der Waals surface area contributed by atoms with Crippen LogP contribution in [0.2, 0.25) is 0 Å². The fourth-order valence-corrected chi connectivity index (χ4v) is 0.938. The highest BCUT2D eigenvalue weighted by molar-refractivity contribution is 5.32. The summed E-state index contributed by atoms with van der Waals surface area (Å²) < 4.78 is 0. The second-order valence-corrected chi connectivity index (χ2v) is 2.33. The van der Waals surface area contributed by atoms with Gasteiger partial charge in [0.25, 0.3) is 0 Å². The van der Waals surface area contributed by atoms with Crippen LogP contribution >= 0.6 is 0 Å². The van der Waals surface area contributed by atoms with Crippen molar-refractivity contribution in [3.63, 3.8) is 0 Å². The summed E-state index contributed by atoms with van der Waals surface area (Å²) in [6, 6.07) is -0.987. The van der Waals surface area contributed by atoms with Crippen molar-refractivity contribution in [1.82, 2.24) is 10.2 Å². The standard InChI is InChI=1S/C5H6N6O3/c6-10-8-4(2-12)3-1-7-9-5(3)11(13)14/h1,4,12H,2H2,(H,7,9). The van der Waals surface area contributed by atoms with Crippen molar-refractivity contribution in [2.75, 3.05) is 6.61 Å². The lowest BCUT2D eigenvalue weighted by Gasteiger charge is -2.03. The molecular formula is C5H6N6O3. The molecule has 0 bridgehead atoms. The summed E-state index contributed by atoms with van der Waals surface area (Å²) in [6.45, 7) is -0.509. The van der Waals surface area contributed by atoms with Gasteiger partial charge in [0.15, 0.2) is 0 Å². The first-order valence-electron chi connectivity index (χ1n) is 3.53. The largest absolute Gasteiger partial charge is 0.396 e. The minimum atomic E-state index is -0.987. The zero-order valence-corrected chi connectivity index (χ0v) is 6.86. The van der Waals surface area contributed by atoms with E-state index in [4.69, 9.17) is 10.6 Å². The van der Waals surface area contributed by atoms with Gasteiger partial charge in [0.05, 0.1) is 24.4 Å². The zero-order valence-electron chi connectivity index (χ0n) is 6.86. The van der Waals surface area contributed by atoms with Gasteiger partial charge in [-0.25, -0.2) is 0 Å². The third-order valence-corrected chi connectivity index (χ3v) is 1.55. The molecule has 1 aromatic rings. The Labute approximate surface area is 77.1 Å². The lowest BCUT2D eigenvalue weighted by Crippen LogP contribution is -2.02. The highest BCUT2D eigenvalue weighted by Crippen LogP contribution is 2.24. The van der Waals surface area contributed by atoms with Gasteiger partial charge in [-0.2, -0.15) is 0 Å². The van der Waals surface area contributed by atoms with E-state index in [1.54, 1.807) is 0 Å². The Hall–Kier alpha value is -2.12. The molecule has 0 saturated heterocycles. The summed E-state index contributed by atoms with van der Waals surface area (Å²) in [5, 5.41) is 28.0. The molecule has 0 aromatic carbocycles. The van der Waals surface area contributed by atoms with Crippen LogP contribution in [0.25, 0.3) is 10.4 Å². The second-order valence-electron chi connectivity index (χ2n) is 2.33. The number of aromatic amines is 1. The van der Waals surface area contributed by atoms with Crippen molar-refractivity contribution in [3.05, 3.63) is 32.3 Å². The lowest BCUT2D eigenvalue weighted by molar-refractivity contribution is -0.390. The first kappa shape index (κ1) is 9.96. The maximum absolute atomic E-state index is 10.4. The number of hydrogen-bond donors (Lipinski definition) is 2. The molecule has 0 aliphatic rings. The molecule has 1 atom stereocenters. The van der Waals surface area contributed by atoms with Crippen LogP contribution in [0.5, 0.6) is 0 Å². The minimum absolute atomic E-state index is 0.0651.